The minimum absolute atomic E-state index is 0.0608. The molecule has 2 aliphatic heterocycles. The van der Waals surface area contributed by atoms with Gasteiger partial charge in [0.25, 0.3) is 0 Å². The van der Waals surface area contributed by atoms with Crippen LogP contribution >= 0.6 is 0 Å². The van der Waals surface area contributed by atoms with Crippen LogP contribution in [-0.2, 0) is 14.3 Å². The fourth-order valence-electron chi connectivity index (χ4n) is 3.14. The highest BCUT2D eigenvalue weighted by Gasteiger charge is 2.24. The molecule has 2 saturated heterocycles. The summed E-state index contributed by atoms with van der Waals surface area (Å²) in [4.78, 5) is 18.1. The maximum atomic E-state index is 12.2. The molecule has 2 aliphatic rings. The molecule has 0 aliphatic carbocycles. The fraction of sp³-hybridized carbons (Fsp3) is 0.667. The van der Waals surface area contributed by atoms with E-state index in [2.05, 4.69) is 4.98 Å². The molecule has 0 unspecified atom stereocenters. The molecule has 1 atom stereocenters. The Balaban J connectivity index is 1.32. The minimum Gasteiger partial charge on any atom is -0.489 e. The van der Waals surface area contributed by atoms with E-state index in [0.717, 1.165) is 38.0 Å². The van der Waals surface area contributed by atoms with Crippen LogP contribution in [-0.4, -0.2) is 60.9 Å². The second kappa shape index (κ2) is 8.99. The Labute approximate surface area is 143 Å². The monoisotopic (exact) mass is 334 g/mol. The Morgan fingerprint density at radius 1 is 1.29 bits per heavy atom. The topological polar surface area (TPSA) is 60.9 Å². The number of amides is 1. The molecule has 24 heavy (non-hydrogen) atoms. The highest BCUT2D eigenvalue weighted by Crippen LogP contribution is 2.18. The van der Waals surface area contributed by atoms with Gasteiger partial charge in [-0.2, -0.15) is 0 Å². The van der Waals surface area contributed by atoms with Gasteiger partial charge in [-0.15, -0.1) is 0 Å². The van der Waals surface area contributed by atoms with Gasteiger partial charge in [0.15, 0.2) is 0 Å². The number of hydrogen-bond acceptors (Lipinski definition) is 5. The van der Waals surface area contributed by atoms with E-state index in [1.165, 1.54) is 6.42 Å². The maximum Gasteiger partial charge on any atom is 0.248 e. The maximum absolute atomic E-state index is 12.2. The van der Waals surface area contributed by atoms with Crippen molar-refractivity contribution in [2.24, 2.45) is 0 Å². The van der Waals surface area contributed by atoms with Crippen molar-refractivity contribution in [1.82, 2.24) is 9.88 Å². The smallest absolute Gasteiger partial charge is 0.248 e. The Morgan fingerprint density at radius 2 is 2.17 bits per heavy atom. The van der Waals surface area contributed by atoms with Crippen molar-refractivity contribution in [2.75, 3.05) is 32.9 Å². The van der Waals surface area contributed by atoms with Crippen LogP contribution in [0.5, 0.6) is 5.75 Å². The first-order chi connectivity index (χ1) is 11.8. The molecule has 6 heteroatoms. The average Bonchev–Trinajstić information content (AvgIpc) is 2.64. The number of hydrogen-bond donors (Lipinski definition) is 0. The van der Waals surface area contributed by atoms with Crippen molar-refractivity contribution in [3.63, 3.8) is 0 Å². The lowest BCUT2D eigenvalue weighted by Gasteiger charge is -2.32. The van der Waals surface area contributed by atoms with E-state index in [4.69, 9.17) is 14.2 Å². The summed E-state index contributed by atoms with van der Waals surface area (Å²) in [5, 5.41) is 0. The van der Waals surface area contributed by atoms with Gasteiger partial charge in [-0.1, -0.05) is 0 Å². The molecule has 6 nitrogen and oxygen atoms in total. The number of carbonyl (C=O) groups excluding carboxylic acids is 1. The van der Waals surface area contributed by atoms with E-state index in [1.54, 1.807) is 12.4 Å². The molecule has 0 aromatic carbocycles. The van der Waals surface area contributed by atoms with Crippen LogP contribution < -0.4 is 4.74 Å². The second-order valence-corrected chi connectivity index (χ2v) is 6.39. The summed E-state index contributed by atoms with van der Waals surface area (Å²) in [6, 6.07) is 3.77. The van der Waals surface area contributed by atoms with Gasteiger partial charge in [-0.3, -0.25) is 9.78 Å². The van der Waals surface area contributed by atoms with Crippen molar-refractivity contribution >= 4 is 5.91 Å². The highest BCUT2D eigenvalue weighted by molar-refractivity contribution is 5.77. The van der Waals surface area contributed by atoms with Crippen molar-refractivity contribution in [2.45, 2.75) is 44.3 Å². The summed E-state index contributed by atoms with van der Waals surface area (Å²) in [6.45, 7) is 2.91. The predicted molar refractivity (Wildman–Crippen MR) is 88.9 cm³/mol. The molecule has 2 fully saturated rings. The van der Waals surface area contributed by atoms with Crippen LogP contribution in [0.1, 0.15) is 32.1 Å². The number of nitrogens with zero attached hydrogens (tertiary/aromatic N) is 2. The van der Waals surface area contributed by atoms with Gasteiger partial charge in [0, 0.05) is 38.7 Å². The molecule has 0 bridgehead atoms. The Bertz CT molecular complexity index is 497. The van der Waals surface area contributed by atoms with E-state index in [-0.39, 0.29) is 24.7 Å². The third-order valence-corrected chi connectivity index (χ3v) is 4.54. The Morgan fingerprint density at radius 3 is 2.88 bits per heavy atom. The quantitative estimate of drug-likeness (QED) is 0.797. The number of likely N-dealkylation sites (tertiary alicyclic amines) is 1. The van der Waals surface area contributed by atoms with Gasteiger partial charge in [0.2, 0.25) is 5.91 Å². The van der Waals surface area contributed by atoms with Crippen molar-refractivity contribution in [1.29, 1.82) is 0 Å². The fourth-order valence-corrected chi connectivity index (χ4v) is 3.14. The SMILES string of the molecule is O=C(COC[C@H]1CCCCO1)N1CCC(Oc2cccnc2)CC1. The normalized spacial score (nSPS) is 22.3. The molecule has 0 N–H and O–H groups in total. The molecule has 0 spiro atoms. The summed E-state index contributed by atoms with van der Waals surface area (Å²) < 4.78 is 17.1. The van der Waals surface area contributed by atoms with E-state index in [1.807, 2.05) is 17.0 Å². The van der Waals surface area contributed by atoms with Crippen molar-refractivity contribution < 1.29 is 19.0 Å². The summed E-state index contributed by atoms with van der Waals surface area (Å²) in [7, 11) is 0. The van der Waals surface area contributed by atoms with Gasteiger partial charge >= 0.3 is 0 Å². The molecule has 3 rings (SSSR count). The van der Waals surface area contributed by atoms with Gasteiger partial charge in [-0.05, 0) is 31.4 Å². The Kier molecular flexibility index (Phi) is 6.43. The first-order valence-corrected chi connectivity index (χ1v) is 8.85. The van der Waals surface area contributed by atoms with E-state index in [9.17, 15) is 4.79 Å². The summed E-state index contributed by atoms with van der Waals surface area (Å²) in [6.07, 6.45) is 8.78. The van der Waals surface area contributed by atoms with Crippen LogP contribution in [0, 0.1) is 0 Å². The molecule has 0 saturated carbocycles. The summed E-state index contributed by atoms with van der Waals surface area (Å²) in [5.41, 5.74) is 0. The standard InChI is InChI=1S/C18H26N2O4/c21-18(14-22-13-17-4-1-2-11-23-17)20-9-6-15(7-10-20)24-16-5-3-8-19-12-16/h3,5,8,12,15,17H,1-2,4,6-7,9-11,13-14H2/t17-/m1/s1. The molecule has 1 aromatic rings. The molecule has 1 amide bonds. The minimum atomic E-state index is 0.0608. The first-order valence-electron chi connectivity index (χ1n) is 8.85. The molecule has 1 aromatic heterocycles. The van der Waals surface area contributed by atoms with Crippen molar-refractivity contribution in [3.05, 3.63) is 24.5 Å². The highest BCUT2D eigenvalue weighted by atomic mass is 16.5. The Hall–Kier alpha value is -1.66. The average molecular weight is 334 g/mol. The number of aromatic nitrogens is 1. The number of pyridine rings is 1. The van der Waals surface area contributed by atoms with Crippen LogP contribution in [0.4, 0.5) is 0 Å². The molecule has 132 valence electrons. The number of rotatable bonds is 6. The van der Waals surface area contributed by atoms with E-state index < -0.39 is 0 Å². The van der Waals surface area contributed by atoms with Crippen molar-refractivity contribution in [3.8, 4) is 5.75 Å². The van der Waals surface area contributed by atoms with Gasteiger partial charge < -0.3 is 19.1 Å². The third kappa shape index (κ3) is 5.18. The largest absolute Gasteiger partial charge is 0.489 e. The molecular formula is C18H26N2O4. The zero-order chi connectivity index (χ0) is 16.6. The van der Waals surface area contributed by atoms with E-state index >= 15 is 0 Å². The summed E-state index contributed by atoms with van der Waals surface area (Å²) >= 11 is 0. The van der Waals surface area contributed by atoms with Gasteiger partial charge in [-0.25, -0.2) is 0 Å². The number of piperidine rings is 1. The molecule has 3 heterocycles. The zero-order valence-electron chi connectivity index (χ0n) is 14.1. The van der Waals surface area contributed by atoms with Crippen LogP contribution in [0.25, 0.3) is 0 Å². The van der Waals surface area contributed by atoms with Gasteiger partial charge in [0.05, 0.1) is 18.9 Å². The summed E-state index contributed by atoms with van der Waals surface area (Å²) in [5.74, 6) is 0.851. The third-order valence-electron chi connectivity index (χ3n) is 4.54. The lowest BCUT2D eigenvalue weighted by atomic mass is 10.1. The predicted octanol–water partition coefficient (Wildman–Crippen LogP) is 2.04. The van der Waals surface area contributed by atoms with Crippen LogP contribution in [0.3, 0.4) is 0 Å². The second-order valence-electron chi connectivity index (χ2n) is 6.39. The van der Waals surface area contributed by atoms with E-state index in [0.29, 0.717) is 19.7 Å². The lowest BCUT2D eigenvalue weighted by Crippen LogP contribution is -2.43. The molecular weight excluding hydrogens is 308 g/mol. The molecule has 0 radical (unpaired) electrons. The van der Waals surface area contributed by atoms with Gasteiger partial charge in [0.1, 0.15) is 18.5 Å². The van der Waals surface area contributed by atoms with Crippen LogP contribution in [0.15, 0.2) is 24.5 Å². The number of ether oxygens (including phenoxy) is 3. The first kappa shape index (κ1) is 17.2. The zero-order valence-corrected chi connectivity index (χ0v) is 14.1. The number of carbonyl (C=O) groups is 1. The lowest BCUT2D eigenvalue weighted by molar-refractivity contribution is -0.140. The van der Waals surface area contributed by atoms with Crippen LogP contribution in [0.2, 0.25) is 0 Å².